The van der Waals surface area contributed by atoms with Crippen LogP contribution in [0.3, 0.4) is 0 Å². The fraction of sp³-hybridized carbons (Fsp3) is 0.353. The van der Waals surface area contributed by atoms with E-state index in [9.17, 15) is 14.4 Å². The Morgan fingerprint density at radius 3 is 2.58 bits per heavy atom. The van der Waals surface area contributed by atoms with Crippen LogP contribution in [-0.2, 0) is 22.4 Å². The number of fused-ring (bicyclic) bond motifs is 1. The van der Waals surface area contributed by atoms with Crippen molar-refractivity contribution in [1.82, 2.24) is 9.88 Å². The van der Waals surface area contributed by atoms with Gasteiger partial charge in [-0.1, -0.05) is 24.6 Å². The fourth-order valence-corrected chi connectivity index (χ4v) is 6.18. The lowest BCUT2D eigenvalue weighted by molar-refractivity contribution is -0.113. The summed E-state index contributed by atoms with van der Waals surface area (Å²) in [5.41, 5.74) is 5.46. The summed E-state index contributed by atoms with van der Waals surface area (Å²) in [6.07, 6.45) is 10.9. The maximum Gasteiger partial charge on any atom is 0.265 e. The van der Waals surface area contributed by atoms with Gasteiger partial charge in [0.1, 0.15) is 5.82 Å². The highest BCUT2D eigenvalue weighted by Crippen LogP contribution is 2.31. The second-order valence-electron chi connectivity index (χ2n) is 10.7. The molecule has 1 aromatic carbocycles. The molecule has 226 valence electrons. The van der Waals surface area contributed by atoms with E-state index in [1.165, 1.54) is 42.8 Å². The summed E-state index contributed by atoms with van der Waals surface area (Å²) in [5.74, 6) is 0.0198. The van der Waals surface area contributed by atoms with E-state index in [0.717, 1.165) is 40.1 Å². The number of rotatable bonds is 11. The highest BCUT2D eigenvalue weighted by Gasteiger charge is 2.18. The molecule has 0 saturated carbocycles. The van der Waals surface area contributed by atoms with Crippen LogP contribution in [0.25, 0.3) is 5.57 Å². The van der Waals surface area contributed by atoms with E-state index in [4.69, 9.17) is 4.74 Å². The molecule has 0 spiro atoms. The fourth-order valence-electron chi connectivity index (χ4n) is 5.03. The average molecular weight is 601 g/mol. The van der Waals surface area contributed by atoms with Gasteiger partial charge in [0.05, 0.1) is 22.7 Å². The molecular formula is C34H40N4O4S. The summed E-state index contributed by atoms with van der Waals surface area (Å²) in [5, 5.41) is 6.22. The van der Waals surface area contributed by atoms with Crippen molar-refractivity contribution < 1.29 is 19.1 Å². The van der Waals surface area contributed by atoms with Crippen molar-refractivity contribution >= 4 is 46.0 Å². The molecule has 0 saturated heterocycles. The van der Waals surface area contributed by atoms with E-state index in [-0.39, 0.29) is 17.6 Å². The number of likely N-dealkylation sites (N-methyl/N-ethyl adjacent to an activating group) is 1. The molecule has 0 fully saturated rings. The van der Waals surface area contributed by atoms with Crippen molar-refractivity contribution in [2.24, 2.45) is 0 Å². The molecule has 0 atom stereocenters. The Hall–Kier alpha value is -4.08. The topological polar surface area (TPSA) is 101 Å². The zero-order valence-electron chi connectivity index (χ0n) is 25.6. The zero-order valence-corrected chi connectivity index (χ0v) is 26.4. The monoisotopic (exact) mass is 600 g/mol. The minimum atomic E-state index is -0.167. The Morgan fingerprint density at radius 2 is 1.88 bits per heavy atom. The number of Topliss-reactive ketones (excluding diaryl/α,β-unsaturated/α-hetero) is 1. The Kier molecular flexibility index (Phi) is 11.0. The van der Waals surface area contributed by atoms with Gasteiger partial charge in [0, 0.05) is 44.4 Å². The van der Waals surface area contributed by atoms with Crippen LogP contribution in [0.15, 0.2) is 60.4 Å². The van der Waals surface area contributed by atoms with Crippen molar-refractivity contribution in [1.29, 1.82) is 0 Å². The van der Waals surface area contributed by atoms with E-state index in [1.54, 1.807) is 48.6 Å². The number of methoxy groups -OCH3 is 1. The number of carbonyl (C=O) groups is 3. The number of ketones is 1. The van der Waals surface area contributed by atoms with Gasteiger partial charge in [0.25, 0.3) is 11.8 Å². The van der Waals surface area contributed by atoms with Crippen LogP contribution in [-0.4, -0.2) is 54.8 Å². The third-order valence-corrected chi connectivity index (χ3v) is 8.84. The van der Waals surface area contributed by atoms with Crippen LogP contribution in [0.4, 0.5) is 11.5 Å². The second-order valence-corrected chi connectivity index (χ2v) is 11.8. The summed E-state index contributed by atoms with van der Waals surface area (Å²) in [6.45, 7) is 6.28. The van der Waals surface area contributed by atoms with Crippen LogP contribution >= 0.6 is 11.3 Å². The molecule has 0 radical (unpaired) electrons. The number of nitrogens with one attached hydrogen (secondary N) is 2. The molecule has 4 rings (SSSR count). The largest absolute Gasteiger partial charge is 0.383 e. The smallest absolute Gasteiger partial charge is 0.265 e. The Bertz CT molecular complexity index is 1510. The molecule has 2 heterocycles. The number of hydrogen-bond donors (Lipinski definition) is 2. The van der Waals surface area contributed by atoms with Crippen LogP contribution in [0.1, 0.15) is 74.7 Å². The quantitative estimate of drug-likeness (QED) is 0.145. The molecular weight excluding hydrogens is 560 g/mol. The van der Waals surface area contributed by atoms with Gasteiger partial charge in [-0.2, -0.15) is 0 Å². The Balaban J connectivity index is 1.51. The Labute approximate surface area is 257 Å². The SMILES string of the molecule is CC=C(/C=C(/Nc1ccc(C(=O)N(C)CCOC)cn1)C(C)=O)c1cccc(NC(=O)c2cc3c(s2)CCCCC3)c1C. The van der Waals surface area contributed by atoms with Gasteiger partial charge in [-0.25, -0.2) is 4.98 Å². The van der Waals surface area contributed by atoms with Gasteiger partial charge in [0.2, 0.25) is 0 Å². The first-order valence-electron chi connectivity index (χ1n) is 14.6. The molecule has 8 nitrogen and oxygen atoms in total. The average Bonchev–Trinajstić information content (AvgIpc) is 3.29. The number of amides is 2. The molecule has 0 unspecified atom stereocenters. The maximum atomic E-state index is 13.2. The molecule has 1 aliphatic rings. The highest BCUT2D eigenvalue weighted by molar-refractivity contribution is 7.14. The number of benzene rings is 1. The lowest BCUT2D eigenvalue weighted by Crippen LogP contribution is -2.30. The number of pyridine rings is 1. The highest BCUT2D eigenvalue weighted by atomic mass is 32.1. The van der Waals surface area contributed by atoms with Crippen LogP contribution in [0, 0.1) is 6.92 Å². The van der Waals surface area contributed by atoms with Crippen molar-refractivity contribution in [2.45, 2.75) is 52.9 Å². The first kappa shape index (κ1) is 31.8. The molecule has 2 amide bonds. The molecule has 43 heavy (non-hydrogen) atoms. The molecule has 1 aliphatic carbocycles. The molecule has 0 aliphatic heterocycles. The predicted octanol–water partition coefficient (Wildman–Crippen LogP) is 6.68. The second kappa shape index (κ2) is 14.9. The van der Waals surface area contributed by atoms with Crippen LogP contribution in [0.2, 0.25) is 0 Å². The third kappa shape index (κ3) is 8.06. The summed E-state index contributed by atoms with van der Waals surface area (Å²) in [6, 6.07) is 11.2. The van der Waals surface area contributed by atoms with Gasteiger partial charge in [-0.15, -0.1) is 11.3 Å². The van der Waals surface area contributed by atoms with Crippen LogP contribution < -0.4 is 10.6 Å². The van der Waals surface area contributed by atoms with Gasteiger partial charge in [0.15, 0.2) is 5.78 Å². The van der Waals surface area contributed by atoms with E-state index < -0.39 is 0 Å². The van der Waals surface area contributed by atoms with Crippen molar-refractivity contribution in [3.8, 4) is 0 Å². The van der Waals surface area contributed by atoms with Gasteiger partial charge < -0.3 is 20.3 Å². The van der Waals surface area contributed by atoms with Crippen molar-refractivity contribution in [3.05, 3.63) is 92.5 Å². The number of aromatic nitrogens is 1. The number of nitrogens with zero attached hydrogens (tertiary/aromatic N) is 2. The van der Waals surface area contributed by atoms with E-state index in [0.29, 0.717) is 30.2 Å². The number of ether oxygens (including phenoxy) is 1. The Morgan fingerprint density at radius 1 is 1.09 bits per heavy atom. The normalized spacial score (nSPS) is 13.6. The number of hydrogen-bond acceptors (Lipinski definition) is 7. The number of carbonyl (C=O) groups excluding carboxylic acids is 3. The standard InChI is InChI=1S/C34H40N4O4S/c1-6-24(19-29(23(3)39)36-32-16-15-26(21-35-32)34(41)38(4)17-18-42-5)27-12-10-13-28(22(27)2)37-33(40)31-20-25-11-8-7-9-14-30(25)43-31/h6,10,12-13,15-16,19-21H,7-9,11,14,17-18H2,1-5H3,(H,35,36)(H,37,40)/b24-6?,29-19+. The molecule has 3 aromatic rings. The summed E-state index contributed by atoms with van der Waals surface area (Å²) >= 11 is 1.61. The number of allylic oxidation sites excluding steroid dienone is 4. The lowest BCUT2D eigenvalue weighted by Gasteiger charge is -2.17. The van der Waals surface area contributed by atoms with Crippen molar-refractivity contribution in [2.75, 3.05) is 37.9 Å². The summed E-state index contributed by atoms with van der Waals surface area (Å²) < 4.78 is 5.04. The van der Waals surface area contributed by atoms with E-state index in [1.807, 2.05) is 38.1 Å². The van der Waals surface area contributed by atoms with Crippen molar-refractivity contribution in [3.63, 3.8) is 0 Å². The maximum absolute atomic E-state index is 13.2. The first-order valence-corrected chi connectivity index (χ1v) is 15.4. The number of thiophene rings is 1. The summed E-state index contributed by atoms with van der Waals surface area (Å²) in [4.78, 5) is 46.5. The molecule has 2 N–H and O–H groups in total. The van der Waals surface area contributed by atoms with E-state index >= 15 is 0 Å². The molecule has 2 aromatic heterocycles. The van der Waals surface area contributed by atoms with Gasteiger partial charge >= 0.3 is 0 Å². The summed E-state index contributed by atoms with van der Waals surface area (Å²) in [7, 11) is 3.30. The number of aryl methyl sites for hydroxylation is 2. The molecule has 0 bridgehead atoms. The minimum Gasteiger partial charge on any atom is -0.383 e. The van der Waals surface area contributed by atoms with Crippen LogP contribution in [0.5, 0.6) is 0 Å². The van der Waals surface area contributed by atoms with E-state index in [2.05, 4.69) is 21.7 Å². The lowest BCUT2D eigenvalue weighted by atomic mass is 9.97. The molecule has 9 heteroatoms. The zero-order chi connectivity index (χ0) is 30.9. The van der Waals surface area contributed by atoms with Gasteiger partial charge in [-0.3, -0.25) is 14.4 Å². The predicted molar refractivity (Wildman–Crippen MR) is 174 cm³/mol. The first-order chi connectivity index (χ1) is 20.7. The minimum absolute atomic E-state index is 0.0973. The third-order valence-electron chi connectivity index (χ3n) is 7.60. The number of anilines is 2. The van der Waals surface area contributed by atoms with Gasteiger partial charge in [-0.05, 0) is 92.1 Å².